The highest BCUT2D eigenvalue weighted by Crippen LogP contribution is 2.61. The largest absolute Gasteiger partial charge is 0.456 e. The molecule has 11 aromatic rings. The number of para-hydroxylation sites is 4. The Bertz CT molecular complexity index is 3960. The highest BCUT2D eigenvalue weighted by Gasteiger charge is 2.58. The minimum atomic E-state index is -0.0875. The van der Waals surface area contributed by atoms with Crippen LogP contribution in [0.1, 0.15) is 50.7 Å². The van der Waals surface area contributed by atoms with Crippen LogP contribution in [-0.4, -0.2) is 12.3 Å². The summed E-state index contributed by atoms with van der Waals surface area (Å²) < 4.78 is 13.6. The fourth-order valence-corrected chi connectivity index (χ4v) is 13.5. The van der Waals surface area contributed by atoms with Crippen LogP contribution in [0.4, 0.5) is 45.5 Å². The second-order valence-electron chi connectivity index (χ2n) is 20.4. The molecule has 0 amide bonds. The Morgan fingerprint density at radius 2 is 1.09 bits per heavy atom. The molecule has 330 valence electrons. The highest BCUT2D eigenvalue weighted by molar-refractivity contribution is 7.00. The van der Waals surface area contributed by atoms with Crippen LogP contribution in [0.15, 0.2) is 197 Å². The quantitative estimate of drug-likeness (QED) is 0.165. The molecule has 4 aliphatic rings. The summed E-state index contributed by atoms with van der Waals surface area (Å²) in [5, 5.41) is 4.48. The average Bonchev–Trinajstić information content (AvgIpc) is 4.02. The van der Waals surface area contributed by atoms with E-state index in [4.69, 9.17) is 8.83 Å². The first-order valence-electron chi connectivity index (χ1n) is 24.7. The predicted molar refractivity (Wildman–Crippen MR) is 288 cm³/mol. The first kappa shape index (κ1) is 39.1. The molecule has 15 rings (SSSR count). The van der Waals surface area contributed by atoms with Crippen molar-refractivity contribution in [2.24, 2.45) is 0 Å². The molecule has 0 bridgehead atoms. The van der Waals surface area contributed by atoms with Crippen molar-refractivity contribution in [3.8, 4) is 11.1 Å². The lowest BCUT2D eigenvalue weighted by Gasteiger charge is -2.50. The zero-order chi connectivity index (χ0) is 45.8. The molecule has 1 saturated carbocycles. The summed E-state index contributed by atoms with van der Waals surface area (Å²) in [6, 6.07) is 69.6. The van der Waals surface area contributed by atoms with Crippen molar-refractivity contribution in [3.63, 3.8) is 0 Å². The SMILES string of the molecule is Cc1cc2c3c(c1)N(c1cccc4c1oc1ccccc14)c1cc(N4c5ccccc5C5(C)CCCCC45C)ccc1B3c1ccc(-c3ccccc3)cc1N2c1ccc2c(c1)oc1ccccc12. The van der Waals surface area contributed by atoms with Crippen molar-refractivity contribution in [1.82, 2.24) is 0 Å². The van der Waals surface area contributed by atoms with Crippen LogP contribution in [0.5, 0.6) is 0 Å². The minimum absolute atomic E-state index is 0.0313. The van der Waals surface area contributed by atoms with E-state index in [1.165, 1.54) is 86.3 Å². The molecule has 2 atom stereocenters. The molecule has 69 heavy (non-hydrogen) atoms. The lowest BCUT2D eigenvalue weighted by Crippen LogP contribution is -2.61. The van der Waals surface area contributed by atoms with E-state index in [1.807, 2.05) is 6.07 Å². The number of hydrogen-bond acceptors (Lipinski definition) is 5. The highest BCUT2D eigenvalue weighted by atomic mass is 16.3. The van der Waals surface area contributed by atoms with Gasteiger partial charge >= 0.3 is 0 Å². The molecule has 0 spiro atoms. The third-order valence-electron chi connectivity index (χ3n) is 16.8. The summed E-state index contributed by atoms with van der Waals surface area (Å²) in [5.41, 5.74) is 21.7. The van der Waals surface area contributed by atoms with Crippen LogP contribution in [0.3, 0.4) is 0 Å². The Kier molecular flexibility index (Phi) is 7.96. The van der Waals surface area contributed by atoms with Gasteiger partial charge in [0.25, 0.3) is 6.71 Å². The number of anilines is 8. The number of nitrogens with zero attached hydrogens (tertiary/aromatic N) is 3. The Balaban J connectivity index is 1.02. The van der Waals surface area contributed by atoms with Gasteiger partial charge in [0.2, 0.25) is 0 Å². The van der Waals surface area contributed by atoms with Gasteiger partial charge in [-0.25, -0.2) is 0 Å². The molecular weight excluding hydrogens is 842 g/mol. The van der Waals surface area contributed by atoms with Crippen molar-refractivity contribution in [2.45, 2.75) is 57.4 Å². The Labute approximate surface area is 401 Å². The smallest absolute Gasteiger partial charge is 0.252 e. The molecule has 5 nitrogen and oxygen atoms in total. The molecular formula is C63H48BN3O2. The zero-order valence-electron chi connectivity index (χ0n) is 39.0. The van der Waals surface area contributed by atoms with Gasteiger partial charge in [-0.15, -0.1) is 0 Å². The summed E-state index contributed by atoms with van der Waals surface area (Å²) >= 11 is 0. The van der Waals surface area contributed by atoms with Gasteiger partial charge in [0.15, 0.2) is 5.58 Å². The van der Waals surface area contributed by atoms with Crippen LogP contribution in [0, 0.1) is 6.92 Å². The second kappa shape index (κ2) is 14.1. The zero-order valence-corrected chi connectivity index (χ0v) is 39.0. The lowest BCUT2D eigenvalue weighted by molar-refractivity contribution is 0.195. The number of benzene rings is 9. The van der Waals surface area contributed by atoms with E-state index in [9.17, 15) is 0 Å². The first-order chi connectivity index (χ1) is 33.9. The van der Waals surface area contributed by atoms with Crippen molar-refractivity contribution in [3.05, 3.63) is 199 Å². The summed E-state index contributed by atoms with van der Waals surface area (Å²) in [6.45, 7) is 7.25. The van der Waals surface area contributed by atoms with Gasteiger partial charge in [-0.1, -0.05) is 135 Å². The van der Waals surface area contributed by atoms with Gasteiger partial charge in [-0.2, -0.15) is 0 Å². The van der Waals surface area contributed by atoms with Crippen LogP contribution in [0.2, 0.25) is 0 Å². The Morgan fingerprint density at radius 3 is 1.93 bits per heavy atom. The topological polar surface area (TPSA) is 36.0 Å². The van der Waals surface area contributed by atoms with E-state index in [1.54, 1.807) is 0 Å². The molecule has 3 aliphatic heterocycles. The Morgan fingerprint density at radius 1 is 0.449 bits per heavy atom. The van der Waals surface area contributed by atoms with Crippen molar-refractivity contribution in [1.29, 1.82) is 0 Å². The maximum Gasteiger partial charge on any atom is 0.252 e. The summed E-state index contributed by atoms with van der Waals surface area (Å²) in [7, 11) is 0. The van der Waals surface area contributed by atoms with Crippen LogP contribution in [-0.2, 0) is 5.41 Å². The molecule has 0 N–H and O–H groups in total. The van der Waals surface area contributed by atoms with Crippen LogP contribution < -0.4 is 31.1 Å². The molecule has 0 saturated heterocycles. The molecule has 1 aliphatic carbocycles. The maximum atomic E-state index is 6.97. The minimum Gasteiger partial charge on any atom is -0.456 e. The van der Waals surface area contributed by atoms with E-state index < -0.39 is 0 Å². The molecule has 2 unspecified atom stereocenters. The van der Waals surface area contributed by atoms with Crippen molar-refractivity contribution in [2.75, 3.05) is 14.7 Å². The lowest BCUT2D eigenvalue weighted by atomic mass is 9.33. The number of rotatable bonds is 4. The number of hydrogen-bond donors (Lipinski definition) is 0. The molecule has 6 heteroatoms. The molecule has 1 fully saturated rings. The number of aryl methyl sites for hydroxylation is 1. The molecule has 0 radical (unpaired) electrons. The van der Waals surface area contributed by atoms with Gasteiger partial charge in [-0.05, 0) is 132 Å². The van der Waals surface area contributed by atoms with Crippen LogP contribution in [0.25, 0.3) is 55.0 Å². The van der Waals surface area contributed by atoms with Crippen molar-refractivity contribution < 1.29 is 8.83 Å². The van der Waals surface area contributed by atoms with Gasteiger partial charge in [0.05, 0.1) is 11.2 Å². The normalized spacial score (nSPS) is 19.0. The van der Waals surface area contributed by atoms with E-state index in [-0.39, 0.29) is 17.7 Å². The Hall–Kier alpha value is -7.96. The maximum absolute atomic E-state index is 6.97. The van der Waals surface area contributed by atoms with Gasteiger partial charge in [0.1, 0.15) is 16.7 Å². The van der Waals surface area contributed by atoms with Crippen LogP contribution >= 0.6 is 0 Å². The third kappa shape index (κ3) is 5.26. The number of fused-ring (bicyclic) bond motifs is 13. The fourth-order valence-electron chi connectivity index (χ4n) is 13.5. The van der Waals surface area contributed by atoms with E-state index in [0.717, 1.165) is 67.4 Å². The molecule has 9 aromatic carbocycles. The monoisotopic (exact) mass is 889 g/mol. The standard InChI is InChI=1S/C63H48BN3O2/c1-39-34-55-60-56(35-39)66(52-23-15-20-47-45-19-8-12-25-58(45)69-61(47)52)54-37-43(67-51-22-10-9-21-48(51)62(2)32-13-14-33-63(62,67)3)28-31-50(54)64(60)49-30-26-41(40-16-5-4-6-17-40)36-53(49)65(55)42-27-29-46-44-18-7-11-24-57(44)68-59(46)38-42/h4-12,15-31,34-38H,13-14,32-33H2,1-3H3. The summed E-state index contributed by atoms with van der Waals surface area (Å²) in [6.07, 6.45) is 4.79. The number of furan rings is 2. The summed E-state index contributed by atoms with van der Waals surface area (Å²) in [5.74, 6) is 0. The fraction of sp³-hybridized carbons (Fsp3) is 0.143. The summed E-state index contributed by atoms with van der Waals surface area (Å²) in [4.78, 5) is 7.76. The predicted octanol–water partition coefficient (Wildman–Crippen LogP) is 15.3. The van der Waals surface area contributed by atoms with Crippen molar-refractivity contribution >= 4 is 112 Å². The van der Waals surface area contributed by atoms with E-state index >= 15 is 0 Å². The molecule has 5 heterocycles. The van der Waals surface area contributed by atoms with Gasteiger partial charge in [0, 0.05) is 72.8 Å². The molecule has 2 aromatic heterocycles. The van der Waals surface area contributed by atoms with Gasteiger partial charge < -0.3 is 23.5 Å². The second-order valence-corrected chi connectivity index (χ2v) is 20.4. The third-order valence-corrected chi connectivity index (χ3v) is 16.8. The first-order valence-corrected chi connectivity index (χ1v) is 24.7. The van der Waals surface area contributed by atoms with E-state index in [2.05, 4.69) is 217 Å². The average molecular weight is 890 g/mol. The van der Waals surface area contributed by atoms with Gasteiger partial charge in [-0.3, -0.25) is 0 Å². The van der Waals surface area contributed by atoms with E-state index in [0.29, 0.717) is 0 Å².